The van der Waals surface area contributed by atoms with Crippen LogP contribution >= 0.6 is 0 Å². The summed E-state index contributed by atoms with van der Waals surface area (Å²) in [4.78, 5) is 44.0. The minimum Gasteiger partial charge on any atom is -0.445 e. The van der Waals surface area contributed by atoms with Crippen molar-refractivity contribution in [3.8, 4) is 0 Å². The van der Waals surface area contributed by atoms with Crippen molar-refractivity contribution >= 4 is 17.9 Å². The van der Waals surface area contributed by atoms with Gasteiger partial charge in [0, 0.05) is 32.7 Å². The lowest BCUT2D eigenvalue weighted by atomic mass is 9.85. The Morgan fingerprint density at radius 1 is 0.971 bits per heavy atom. The number of benzene rings is 1. The third-order valence-electron chi connectivity index (χ3n) is 7.52. The highest BCUT2D eigenvalue weighted by Crippen LogP contribution is 2.31. The van der Waals surface area contributed by atoms with Crippen LogP contribution in [0.15, 0.2) is 30.3 Å². The van der Waals surface area contributed by atoms with E-state index in [0.29, 0.717) is 38.6 Å². The van der Waals surface area contributed by atoms with Crippen molar-refractivity contribution in [3.05, 3.63) is 35.9 Å². The van der Waals surface area contributed by atoms with Gasteiger partial charge in [0.2, 0.25) is 11.8 Å². The molecule has 9 heteroatoms. The van der Waals surface area contributed by atoms with Crippen LogP contribution in [0.5, 0.6) is 0 Å². The predicted octanol–water partition coefficient (Wildman–Crippen LogP) is 2.21. The topological polar surface area (TPSA) is 102 Å². The van der Waals surface area contributed by atoms with Crippen LogP contribution in [0.4, 0.5) is 4.79 Å². The van der Waals surface area contributed by atoms with Gasteiger partial charge in [0.05, 0.1) is 5.92 Å². The summed E-state index contributed by atoms with van der Waals surface area (Å²) >= 11 is 0. The first-order valence-electron chi connectivity index (χ1n) is 12.4. The van der Waals surface area contributed by atoms with Crippen LogP contribution < -0.4 is 5.48 Å². The van der Waals surface area contributed by atoms with Crippen LogP contribution in [0, 0.1) is 5.92 Å². The number of hydroxylamine groups is 1. The minimum atomic E-state index is -0.803. The third kappa shape index (κ3) is 5.52. The Morgan fingerprint density at radius 2 is 1.65 bits per heavy atom. The number of hydrogen-bond donors (Lipinski definition) is 2. The number of hydrogen-bond acceptors (Lipinski definition) is 6. The lowest BCUT2D eigenvalue weighted by molar-refractivity contribution is -0.152. The predicted molar refractivity (Wildman–Crippen MR) is 125 cm³/mol. The van der Waals surface area contributed by atoms with E-state index >= 15 is 0 Å². The fourth-order valence-electron chi connectivity index (χ4n) is 5.65. The van der Waals surface area contributed by atoms with E-state index in [-0.39, 0.29) is 18.4 Å². The molecule has 3 heterocycles. The highest BCUT2D eigenvalue weighted by atomic mass is 16.6. The minimum absolute atomic E-state index is 0.108. The number of amides is 3. The maximum Gasteiger partial charge on any atom is 0.410 e. The van der Waals surface area contributed by atoms with Gasteiger partial charge in [0.15, 0.2) is 0 Å². The number of ether oxygens (including phenoxy) is 1. The fourth-order valence-corrected chi connectivity index (χ4v) is 5.65. The van der Waals surface area contributed by atoms with Crippen LogP contribution in [0.2, 0.25) is 0 Å². The van der Waals surface area contributed by atoms with Gasteiger partial charge in [-0.1, -0.05) is 30.3 Å². The molecule has 4 rings (SSSR count). The summed E-state index contributed by atoms with van der Waals surface area (Å²) in [7, 11) is 1.78. The van der Waals surface area contributed by atoms with Crippen molar-refractivity contribution in [1.82, 2.24) is 20.2 Å². The third-order valence-corrected chi connectivity index (χ3v) is 7.52. The second-order valence-corrected chi connectivity index (χ2v) is 9.77. The van der Waals surface area contributed by atoms with Crippen molar-refractivity contribution in [2.45, 2.75) is 56.6 Å². The van der Waals surface area contributed by atoms with Crippen molar-refractivity contribution in [2.75, 3.05) is 39.8 Å². The van der Waals surface area contributed by atoms with Gasteiger partial charge in [-0.05, 0) is 57.1 Å². The van der Waals surface area contributed by atoms with E-state index in [4.69, 9.17) is 4.74 Å². The van der Waals surface area contributed by atoms with Crippen molar-refractivity contribution in [3.63, 3.8) is 0 Å². The number of nitrogens with one attached hydrogen (secondary N) is 1. The van der Waals surface area contributed by atoms with Gasteiger partial charge in [0.25, 0.3) is 0 Å². The molecular weight excluding hydrogens is 436 g/mol. The summed E-state index contributed by atoms with van der Waals surface area (Å²) < 4.78 is 5.72. The number of rotatable bonds is 4. The van der Waals surface area contributed by atoms with Crippen LogP contribution in [0.25, 0.3) is 0 Å². The molecule has 3 aliphatic heterocycles. The quantitative estimate of drug-likeness (QED) is 0.515. The highest BCUT2D eigenvalue weighted by molar-refractivity contribution is 5.90. The maximum absolute atomic E-state index is 13.5. The van der Waals surface area contributed by atoms with E-state index < -0.39 is 24.0 Å². The monoisotopic (exact) mass is 472 g/mol. The van der Waals surface area contributed by atoms with Gasteiger partial charge in [0.1, 0.15) is 12.1 Å². The summed E-state index contributed by atoms with van der Waals surface area (Å²) in [5, 5.41) is 9.36. The lowest BCUT2D eigenvalue weighted by Crippen LogP contribution is -2.61. The molecule has 0 radical (unpaired) electrons. The summed E-state index contributed by atoms with van der Waals surface area (Å²) in [6, 6.07) is 9.64. The molecule has 0 saturated carbocycles. The molecule has 0 spiro atoms. The molecule has 0 aromatic heterocycles. The Labute approximate surface area is 201 Å². The Kier molecular flexibility index (Phi) is 8.05. The van der Waals surface area contributed by atoms with Gasteiger partial charge in [-0.3, -0.25) is 19.7 Å². The molecule has 0 unspecified atom stereocenters. The molecule has 3 amide bonds. The molecule has 0 aliphatic carbocycles. The summed E-state index contributed by atoms with van der Waals surface area (Å²) in [6.45, 7) is 2.99. The van der Waals surface area contributed by atoms with E-state index in [1.165, 1.54) is 5.56 Å². The zero-order valence-corrected chi connectivity index (χ0v) is 19.9. The van der Waals surface area contributed by atoms with Crippen molar-refractivity contribution in [1.29, 1.82) is 0 Å². The molecule has 2 N–H and O–H groups in total. The Hall–Kier alpha value is -2.65. The molecular formula is C25H36N4O5. The van der Waals surface area contributed by atoms with Crippen LogP contribution in [-0.2, 0) is 14.3 Å². The van der Waals surface area contributed by atoms with Crippen molar-refractivity contribution in [2.24, 2.45) is 5.92 Å². The lowest BCUT2D eigenvalue weighted by Gasteiger charge is -2.44. The molecule has 9 nitrogen and oxygen atoms in total. The zero-order chi connectivity index (χ0) is 24.1. The van der Waals surface area contributed by atoms with E-state index in [1.807, 2.05) is 23.1 Å². The van der Waals surface area contributed by atoms with Gasteiger partial charge in [-0.2, -0.15) is 0 Å². The largest absolute Gasteiger partial charge is 0.445 e. The number of nitrogens with zero attached hydrogens (tertiary/aromatic N) is 3. The first-order valence-corrected chi connectivity index (χ1v) is 12.4. The highest BCUT2D eigenvalue weighted by Gasteiger charge is 2.46. The van der Waals surface area contributed by atoms with E-state index in [2.05, 4.69) is 12.1 Å². The van der Waals surface area contributed by atoms with E-state index in [1.54, 1.807) is 22.3 Å². The van der Waals surface area contributed by atoms with Crippen LogP contribution in [-0.4, -0.2) is 89.7 Å². The van der Waals surface area contributed by atoms with Gasteiger partial charge >= 0.3 is 6.09 Å². The smallest absolute Gasteiger partial charge is 0.410 e. The molecule has 3 aliphatic rings. The molecule has 3 fully saturated rings. The number of likely N-dealkylation sites (N-methyl/N-ethyl adjacent to an activating group) is 1. The number of carbonyl (C=O) groups excluding carboxylic acids is 3. The van der Waals surface area contributed by atoms with Gasteiger partial charge in [-0.15, -0.1) is 0 Å². The second kappa shape index (κ2) is 11.2. The molecule has 1 aromatic rings. The Balaban J connectivity index is 1.39. The molecule has 0 bridgehead atoms. The summed E-state index contributed by atoms with van der Waals surface area (Å²) in [5.41, 5.74) is 3.01. The maximum atomic E-state index is 13.5. The Bertz CT molecular complexity index is 852. The second-order valence-electron chi connectivity index (χ2n) is 9.77. The van der Waals surface area contributed by atoms with E-state index in [0.717, 1.165) is 32.1 Å². The summed E-state index contributed by atoms with van der Waals surface area (Å²) in [6.07, 6.45) is 4.11. The van der Waals surface area contributed by atoms with Crippen LogP contribution in [0.3, 0.4) is 0 Å². The first kappa shape index (κ1) is 24.5. The standard InChI is InChI=1S/C25H36N4O5/c1-27-17-20(34-25(32)29-12-6-3-7-13-29)16-21(23(30)26-33)22(27)24(31)28-14-10-19(11-15-28)18-8-4-2-5-9-18/h2,4-5,8-9,19-22,33H,3,6-7,10-17H2,1H3,(H,26,30)/t20-,21-,22-/m0/s1. The molecule has 3 atom stereocenters. The zero-order valence-electron chi connectivity index (χ0n) is 19.9. The number of carbonyl (C=O) groups is 3. The molecule has 186 valence electrons. The average molecular weight is 473 g/mol. The van der Waals surface area contributed by atoms with Crippen LogP contribution in [0.1, 0.15) is 50.0 Å². The SMILES string of the molecule is CN1C[C@@H](OC(=O)N2CCCCC2)C[C@H](C(=O)NO)[C@H]1C(=O)N1CCC(c2ccccc2)CC1. The first-order chi connectivity index (χ1) is 16.5. The normalized spacial score (nSPS) is 26.7. The number of piperidine rings is 3. The fraction of sp³-hybridized carbons (Fsp3) is 0.640. The van der Waals surface area contributed by atoms with Gasteiger partial charge < -0.3 is 14.5 Å². The van der Waals surface area contributed by atoms with Gasteiger partial charge in [-0.25, -0.2) is 10.3 Å². The summed E-state index contributed by atoms with van der Waals surface area (Å²) in [5.74, 6) is -1.11. The number of likely N-dealkylation sites (tertiary alicyclic amines) is 3. The molecule has 34 heavy (non-hydrogen) atoms. The average Bonchev–Trinajstić information content (AvgIpc) is 2.88. The Morgan fingerprint density at radius 3 is 2.29 bits per heavy atom. The van der Waals surface area contributed by atoms with Crippen molar-refractivity contribution < 1.29 is 24.3 Å². The molecule has 3 saturated heterocycles. The van der Waals surface area contributed by atoms with E-state index in [9.17, 15) is 19.6 Å². The molecule has 1 aromatic carbocycles.